The van der Waals surface area contributed by atoms with Crippen molar-refractivity contribution in [1.29, 1.82) is 5.26 Å². The van der Waals surface area contributed by atoms with Gasteiger partial charge in [0.1, 0.15) is 11.5 Å². The highest BCUT2D eigenvalue weighted by Gasteiger charge is 2.56. The highest BCUT2D eigenvalue weighted by molar-refractivity contribution is 6.13. The summed E-state index contributed by atoms with van der Waals surface area (Å²) in [6.45, 7) is 3.89. The zero-order valence-electron chi connectivity index (χ0n) is 12.3. The SMILES string of the molecule is CCC(C)NC(=O)C1(C(=O)Nc2ccccc2C#N)CC1. The maximum atomic E-state index is 12.4. The molecule has 0 saturated heterocycles. The monoisotopic (exact) mass is 285 g/mol. The third-order valence-electron chi connectivity index (χ3n) is 3.90. The van der Waals surface area contributed by atoms with Crippen molar-refractivity contribution in [3.8, 4) is 6.07 Å². The molecule has 110 valence electrons. The molecule has 0 radical (unpaired) electrons. The standard InChI is InChI=1S/C16H19N3O2/c1-3-11(2)18-14(20)16(8-9-16)15(21)19-13-7-5-4-6-12(13)10-17/h4-7,11H,3,8-9H2,1-2H3,(H,18,20)(H,19,21). The van der Waals surface area contributed by atoms with Crippen LogP contribution >= 0.6 is 0 Å². The fourth-order valence-electron chi connectivity index (χ4n) is 2.08. The summed E-state index contributed by atoms with van der Waals surface area (Å²) >= 11 is 0. The molecule has 1 aromatic rings. The molecule has 0 aromatic heterocycles. The van der Waals surface area contributed by atoms with Crippen LogP contribution in [-0.4, -0.2) is 17.9 Å². The Bertz CT molecular complexity index is 600. The number of nitrogens with one attached hydrogen (secondary N) is 2. The largest absolute Gasteiger partial charge is 0.353 e. The van der Waals surface area contributed by atoms with E-state index in [2.05, 4.69) is 10.6 Å². The Balaban J connectivity index is 2.10. The van der Waals surface area contributed by atoms with Gasteiger partial charge in [0.25, 0.3) is 0 Å². The summed E-state index contributed by atoms with van der Waals surface area (Å²) in [4.78, 5) is 24.6. The molecule has 1 aliphatic carbocycles. The zero-order valence-corrected chi connectivity index (χ0v) is 12.3. The number of anilines is 1. The first-order valence-electron chi connectivity index (χ1n) is 7.15. The first-order chi connectivity index (χ1) is 10.0. The molecule has 2 N–H and O–H groups in total. The molecule has 0 heterocycles. The quantitative estimate of drug-likeness (QED) is 0.814. The molecule has 5 nitrogen and oxygen atoms in total. The molecule has 0 spiro atoms. The van der Waals surface area contributed by atoms with Crippen molar-refractivity contribution in [3.63, 3.8) is 0 Å². The second-order valence-electron chi connectivity index (χ2n) is 5.48. The van der Waals surface area contributed by atoms with E-state index in [1.54, 1.807) is 24.3 Å². The number of hydrogen-bond acceptors (Lipinski definition) is 3. The van der Waals surface area contributed by atoms with Crippen molar-refractivity contribution in [2.24, 2.45) is 5.41 Å². The van der Waals surface area contributed by atoms with Crippen LogP contribution in [0.25, 0.3) is 0 Å². The fraction of sp³-hybridized carbons (Fsp3) is 0.438. The van der Waals surface area contributed by atoms with Gasteiger partial charge in [-0.15, -0.1) is 0 Å². The molecular formula is C16H19N3O2. The summed E-state index contributed by atoms with van der Waals surface area (Å²) in [5, 5.41) is 14.6. The Kier molecular flexibility index (Phi) is 4.27. The van der Waals surface area contributed by atoms with Gasteiger partial charge in [0.2, 0.25) is 11.8 Å². The van der Waals surface area contributed by atoms with Crippen LogP contribution < -0.4 is 10.6 Å². The topological polar surface area (TPSA) is 82.0 Å². The maximum absolute atomic E-state index is 12.4. The Morgan fingerprint density at radius 2 is 2.00 bits per heavy atom. The summed E-state index contributed by atoms with van der Waals surface area (Å²) in [5.74, 6) is -0.546. The van der Waals surface area contributed by atoms with Crippen LogP contribution in [0.15, 0.2) is 24.3 Å². The number of nitrogens with zero attached hydrogens (tertiary/aromatic N) is 1. The molecule has 1 atom stereocenters. The number of para-hydroxylation sites is 1. The second-order valence-corrected chi connectivity index (χ2v) is 5.48. The number of carbonyl (C=O) groups is 2. The van der Waals surface area contributed by atoms with Crippen molar-refractivity contribution in [2.75, 3.05) is 5.32 Å². The molecule has 21 heavy (non-hydrogen) atoms. The van der Waals surface area contributed by atoms with Crippen molar-refractivity contribution >= 4 is 17.5 Å². The first-order valence-corrected chi connectivity index (χ1v) is 7.15. The lowest BCUT2D eigenvalue weighted by atomic mass is 10.0. The zero-order chi connectivity index (χ0) is 15.5. The average molecular weight is 285 g/mol. The van der Waals surface area contributed by atoms with Crippen LogP contribution in [0.4, 0.5) is 5.69 Å². The molecule has 1 unspecified atom stereocenters. The van der Waals surface area contributed by atoms with Crippen LogP contribution in [0, 0.1) is 16.7 Å². The summed E-state index contributed by atoms with van der Waals surface area (Å²) in [7, 11) is 0. The molecule has 2 amide bonds. The van der Waals surface area contributed by atoms with E-state index in [0.29, 0.717) is 24.1 Å². The molecule has 1 saturated carbocycles. The highest BCUT2D eigenvalue weighted by Crippen LogP contribution is 2.47. The van der Waals surface area contributed by atoms with Gasteiger partial charge >= 0.3 is 0 Å². The summed E-state index contributed by atoms with van der Waals surface area (Å²) in [6, 6.07) is 8.86. The van der Waals surface area contributed by atoms with E-state index < -0.39 is 5.41 Å². The Morgan fingerprint density at radius 3 is 2.57 bits per heavy atom. The van der Waals surface area contributed by atoms with Crippen molar-refractivity contribution in [3.05, 3.63) is 29.8 Å². The molecule has 5 heteroatoms. The normalized spacial score (nSPS) is 16.4. The van der Waals surface area contributed by atoms with E-state index in [9.17, 15) is 9.59 Å². The van der Waals surface area contributed by atoms with Crippen LogP contribution in [-0.2, 0) is 9.59 Å². The molecule has 0 aliphatic heterocycles. The van der Waals surface area contributed by atoms with Crippen LogP contribution in [0.2, 0.25) is 0 Å². The Morgan fingerprint density at radius 1 is 1.33 bits per heavy atom. The lowest BCUT2D eigenvalue weighted by molar-refractivity contribution is -0.134. The minimum Gasteiger partial charge on any atom is -0.353 e. The van der Waals surface area contributed by atoms with Crippen LogP contribution in [0.5, 0.6) is 0 Å². The Labute approximate surface area is 124 Å². The number of rotatable bonds is 5. The van der Waals surface area contributed by atoms with E-state index in [1.165, 1.54) is 0 Å². The van der Waals surface area contributed by atoms with Gasteiger partial charge in [-0.2, -0.15) is 5.26 Å². The predicted octanol–water partition coefficient (Wildman–Crippen LogP) is 2.19. The number of nitriles is 1. The lowest BCUT2D eigenvalue weighted by Gasteiger charge is -2.18. The van der Waals surface area contributed by atoms with Gasteiger partial charge in [-0.25, -0.2) is 0 Å². The average Bonchev–Trinajstić information content (AvgIpc) is 3.29. The van der Waals surface area contributed by atoms with Gasteiger partial charge in [0.15, 0.2) is 0 Å². The number of amides is 2. The Hall–Kier alpha value is -2.35. The summed E-state index contributed by atoms with van der Waals surface area (Å²) in [6.07, 6.45) is 1.92. The van der Waals surface area contributed by atoms with Gasteiger partial charge in [-0.1, -0.05) is 19.1 Å². The van der Waals surface area contributed by atoms with Gasteiger partial charge in [0, 0.05) is 6.04 Å². The molecule has 0 bridgehead atoms. The summed E-state index contributed by atoms with van der Waals surface area (Å²) < 4.78 is 0. The number of carbonyl (C=O) groups excluding carboxylic acids is 2. The van der Waals surface area contributed by atoms with Crippen LogP contribution in [0.1, 0.15) is 38.7 Å². The minimum absolute atomic E-state index is 0.0502. The second kappa shape index (κ2) is 5.96. The highest BCUT2D eigenvalue weighted by atomic mass is 16.2. The molecule has 1 aromatic carbocycles. The smallest absolute Gasteiger partial charge is 0.240 e. The molecular weight excluding hydrogens is 266 g/mol. The van der Waals surface area contributed by atoms with E-state index in [1.807, 2.05) is 19.9 Å². The van der Waals surface area contributed by atoms with E-state index in [-0.39, 0.29) is 17.9 Å². The van der Waals surface area contributed by atoms with E-state index in [4.69, 9.17) is 5.26 Å². The summed E-state index contributed by atoms with van der Waals surface area (Å²) in [5.41, 5.74) is -0.122. The van der Waals surface area contributed by atoms with Crippen molar-refractivity contribution < 1.29 is 9.59 Å². The third kappa shape index (κ3) is 3.05. The van der Waals surface area contributed by atoms with Crippen molar-refractivity contribution in [1.82, 2.24) is 5.32 Å². The van der Waals surface area contributed by atoms with Crippen molar-refractivity contribution in [2.45, 2.75) is 39.2 Å². The van der Waals surface area contributed by atoms with Gasteiger partial charge in [-0.05, 0) is 38.3 Å². The van der Waals surface area contributed by atoms with Crippen LogP contribution in [0.3, 0.4) is 0 Å². The van der Waals surface area contributed by atoms with E-state index in [0.717, 1.165) is 6.42 Å². The first kappa shape index (κ1) is 15.0. The van der Waals surface area contributed by atoms with Gasteiger partial charge in [0.05, 0.1) is 11.3 Å². The fourth-order valence-corrected chi connectivity index (χ4v) is 2.08. The third-order valence-corrected chi connectivity index (χ3v) is 3.90. The number of hydrogen-bond donors (Lipinski definition) is 2. The van der Waals surface area contributed by atoms with E-state index >= 15 is 0 Å². The predicted molar refractivity (Wildman–Crippen MR) is 79.3 cm³/mol. The van der Waals surface area contributed by atoms with Gasteiger partial charge in [-0.3, -0.25) is 9.59 Å². The molecule has 1 aliphatic rings. The molecule has 2 rings (SSSR count). The maximum Gasteiger partial charge on any atom is 0.240 e. The van der Waals surface area contributed by atoms with Gasteiger partial charge < -0.3 is 10.6 Å². The minimum atomic E-state index is -0.966. The number of benzene rings is 1. The lowest BCUT2D eigenvalue weighted by Crippen LogP contribution is -2.43. The molecule has 1 fully saturated rings.